The van der Waals surface area contributed by atoms with Crippen molar-refractivity contribution in [2.24, 2.45) is 9.98 Å². The topological polar surface area (TPSA) is 80.8 Å². The molecule has 0 radical (unpaired) electrons. The Balaban J connectivity index is 0.000000154. The van der Waals surface area contributed by atoms with Gasteiger partial charge in [-0.15, -0.1) is 0 Å². The lowest BCUT2D eigenvalue weighted by atomic mass is 10.0. The van der Waals surface area contributed by atoms with Crippen LogP contribution in [0.4, 0.5) is 0 Å². The van der Waals surface area contributed by atoms with Gasteiger partial charge in [0.15, 0.2) is 0 Å². The van der Waals surface area contributed by atoms with Gasteiger partial charge in [-0.3, -0.25) is 15.4 Å². The zero-order chi connectivity index (χ0) is 37.6. The van der Waals surface area contributed by atoms with E-state index in [2.05, 4.69) is 115 Å². The Morgan fingerprint density at radius 3 is 1.04 bits per heavy atom. The molecule has 5 heteroatoms. The van der Waals surface area contributed by atoms with Crippen molar-refractivity contribution in [2.75, 3.05) is 20.2 Å². The Bertz CT molecular complexity index is 1740. The Hall–Kier alpha value is -5.75. The standard InChI is InChI=1S/C18H19N.C17H18N2.C13H11N.CH4O/c1-3-9-15(10-4-1)18(16-11-5-2-6-12-16)19-17-13-7-8-14-17;1-3-7-14(8-4-1)17(15-9-5-2-6-10-15)19-16-11-12-18-13-16;14-13(11-7-3-1-4-8-11)12-9-5-2-6-10-12;1-2/h1-6,9-12,17H,7-8,13-14H2;1-10,16,18H,11-13H2;1-10,14H;2H,1H3. The summed E-state index contributed by atoms with van der Waals surface area (Å²) in [5.41, 5.74) is 9.58. The van der Waals surface area contributed by atoms with E-state index in [0.29, 0.717) is 17.8 Å². The quantitative estimate of drug-likeness (QED) is 0.137. The molecule has 5 nitrogen and oxygen atoms in total. The maximum atomic E-state index is 7.97. The molecule has 1 aliphatic heterocycles. The Morgan fingerprint density at radius 1 is 0.444 bits per heavy atom. The second-order valence-corrected chi connectivity index (χ2v) is 13.1. The van der Waals surface area contributed by atoms with E-state index in [-0.39, 0.29) is 0 Å². The number of hydrogen-bond acceptors (Lipinski definition) is 5. The van der Waals surface area contributed by atoms with Gasteiger partial charge in [0.25, 0.3) is 0 Å². The van der Waals surface area contributed by atoms with Crippen molar-refractivity contribution in [2.45, 2.75) is 44.2 Å². The van der Waals surface area contributed by atoms with Gasteiger partial charge in [0, 0.05) is 35.9 Å². The summed E-state index contributed by atoms with van der Waals surface area (Å²) in [6.07, 6.45) is 6.26. The molecule has 8 rings (SSSR count). The molecule has 0 amide bonds. The lowest BCUT2D eigenvalue weighted by Crippen LogP contribution is -2.14. The molecule has 1 atom stereocenters. The van der Waals surface area contributed by atoms with Crippen molar-refractivity contribution in [3.63, 3.8) is 0 Å². The van der Waals surface area contributed by atoms with E-state index in [0.717, 1.165) is 49.2 Å². The monoisotopic (exact) mass is 712 g/mol. The normalized spacial score (nSPS) is 14.4. The van der Waals surface area contributed by atoms with Crippen LogP contribution in [0.1, 0.15) is 65.5 Å². The molecule has 54 heavy (non-hydrogen) atoms. The largest absolute Gasteiger partial charge is 0.400 e. The molecule has 0 spiro atoms. The first kappa shape index (κ1) is 39.5. The van der Waals surface area contributed by atoms with Gasteiger partial charge in [-0.2, -0.15) is 0 Å². The lowest BCUT2D eigenvalue weighted by Gasteiger charge is -2.11. The van der Waals surface area contributed by atoms with Gasteiger partial charge in [0.05, 0.1) is 29.2 Å². The van der Waals surface area contributed by atoms with Crippen molar-refractivity contribution in [3.8, 4) is 0 Å². The van der Waals surface area contributed by atoms with Crippen LogP contribution in [0.2, 0.25) is 0 Å². The van der Waals surface area contributed by atoms with E-state index in [1.165, 1.54) is 47.9 Å². The molecule has 1 saturated heterocycles. The number of nitrogens with one attached hydrogen (secondary N) is 2. The minimum Gasteiger partial charge on any atom is -0.400 e. The predicted molar refractivity (Wildman–Crippen MR) is 228 cm³/mol. The maximum absolute atomic E-state index is 7.97. The molecule has 274 valence electrons. The smallest absolute Gasteiger partial charge is 0.0722 e. The summed E-state index contributed by atoms with van der Waals surface area (Å²) in [5, 5.41) is 18.3. The van der Waals surface area contributed by atoms with Crippen LogP contribution >= 0.6 is 0 Å². The minimum absolute atomic E-state index is 0.399. The third-order valence-corrected chi connectivity index (χ3v) is 9.30. The van der Waals surface area contributed by atoms with Gasteiger partial charge >= 0.3 is 0 Å². The summed E-state index contributed by atoms with van der Waals surface area (Å²) >= 11 is 0. The number of aliphatic hydroxyl groups is 1. The SMILES string of the molecule is CO.N=C(c1ccccc1)c1ccccc1.c1ccc(C(=NC2CCCC2)c2ccccc2)cc1.c1ccc(C(=NC2CCNC2)c2ccccc2)cc1. The van der Waals surface area contributed by atoms with Crippen LogP contribution in [0.25, 0.3) is 0 Å². The second-order valence-electron chi connectivity index (χ2n) is 13.1. The summed E-state index contributed by atoms with van der Waals surface area (Å²) in [4.78, 5) is 10.0. The molecule has 1 aliphatic carbocycles. The molecule has 0 aromatic heterocycles. The van der Waals surface area contributed by atoms with Gasteiger partial charge in [-0.05, 0) is 36.9 Å². The molecule has 2 fully saturated rings. The zero-order valence-electron chi connectivity index (χ0n) is 31.3. The highest BCUT2D eigenvalue weighted by molar-refractivity contribution is 6.13. The highest BCUT2D eigenvalue weighted by Crippen LogP contribution is 2.23. The third kappa shape index (κ3) is 12.2. The summed E-state index contributed by atoms with van der Waals surface area (Å²) < 4.78 is 0. The van der Waals surface area contributed by atoms with E-state index >= 15 is 0 Å². The lowest BCUT2D eigenvalue weighted by molar-refractivity contribution is 0.399. The van der Waals surface area contributed by atoms with Crippen LogP contribution in [-0.4, -0.2) is 54.5 Å². The summed E-state index contributed by atoms with van der Waals surface area (Å²) in [6, 6.07) is 62.4. The first-order valence-corrected chi connectivity index (χ1v) is 19.0. The van der Waals surface area contributed by atoms with Crippen molar-refractivity contribution in [1.29, 1.82) is 5.41 Å². The number of aliphatic imine (C=N–C) groups is 2. The Kier molecular flexibility index (Phi) is 16.3. The van der Waals surface area contributed by atoms with Gasteiger partial charge in [0.2, 0.25) is 0 Å². The molecule has 1 unspecified atom stereocenters. The van der Waals surface area contributed by atoms with Crippen LogP contribution < -0.4 is 5.32 Å². The first-order chi connectivity index (χ1) is 26.7. The molecule has 1 heterocycles. The summed E-state index contributed by atoms with van der Waals surface area (Å²) in [6.45, 7) is 2.06. The fraction of sp³-hybridized carbons (Fsp3) is 0.204. The molecule has 6 aromatic rings. The van der Waals surface area contributed by atoms with Crippen LogP contribution in [0.15, 0.2) is 192 Å². The molecule has 3 N–H and O–H groups in total. The molecule has 2 aliphatic rings. The van der Waals surface area contributed by atoms with Gasteiger partial charge in [-0.1, -0.05) is 195 Å². The fourth-order valence-corrected chi connectivity index (χ4v) is 6.54. The zero-order valence-corrected chi connectivity index (χ0v) is 31.3. The van der Waals surface area contributed by atoms with Crippen LogP contribution in [0.3, 0.4) is 0 Å². The molecular formula is C49H52N4O. The molecule has 0 bridgehead atoms. The number of hydrogen-bond donors (Lipinski definition) is 3. The third-order valence-electron chi connectivity index (χ3n) is 9.30. The van der Waals surface area contributed by atoms with E-state index in [1.807, 2.05) is 72.8 Å². The van der Waals surface area contributed by atoms with Crippen molar-refractivity contribution < 1.29 is 5.11 Å². The van der Waals surface area contributed by atoms with Crippen LogP contribution in [0.5, 0.6) is 0 Å². The number of benzene rings is 6. The number of rotatable bonds is 8. The average Bonchev–Trinajstić information content (AvgIpc) is 4.00. The summed E-state index contributed by atoms with van der Waals surface area (Å²) in [5.74, 6) is 0. The Labute approximate surface area is 321 Å². The molecule has 1 saturated carbocycles. The highest BCUT2D eigenvalue weighted by Gasteiger charge is 2.17. The van der Waals surface area contributed by atoms with Crippen LogP contribution in [0, 0.1) is 5.41 Å². The van der Waals surface area contributed by atoms with Crippen molar-refractivity contribution >= 4 is 17.1 Å². The second kappa shape index (κ2) is 22.3. The number of aliphatic hydroxyl groups excluding tert-OH is 1. The first-order valence-electron chi connectivity index (χ1n) is 19.0. The van der Waals surface area contributed by atoms with Gasteiger partial charge in [-0.25, -0.2) is 0 Å². The average molecular weight is 713 g/mol. The predicted octanol–water partition coefficient (Wildman–Crippen LogP) is 10.1. The van der Waals surface area contributed by atoms with E-state index in [4.69, 9.17) is 20.5 Å². The van der Waals surface area contributed by atoms with Crippen molar-refractivity contribution in [3.05, 3.63) is 215 Å². The van der Waals surface area contributed by atoms with Crippen molar-refractivity contribution in [1.82, 2.24) is 5.32 Å². The number of nitrogens with zero attached hydrogens (tertiary/aromatic N) is 2. The molecule has 6 aromatic carbocycles. The van der Waals surface area contributed by atoms with E-state index in [9.17, 15) is 0 Å². The maximum Gasteiger partial charge on any atom is 0.0722 e. The minimum atomic E-state index is 0.399. The van der Waals surface area contributed by atoms with Crippen LogP contribution in [-0.2, 0) is 0 Å². The molecular weight excluding hydrogens is 661 g/mol. The Morgan fingerprint density at radius 2 is 0.741 bits per heavy atom. The summed E-state index contributed by atoms with van der Waals surface area (Å²) in [7, 11) is 1.00. The van der Waals surface area contributed by atoms with E-state index in [1.54, 1.807) is 0 Å². The van der Waals surface area contributed by atoms with Gasteiger partial charge < -0.3 is 10.4 Å². The van der Waals surface area contributed by atoms with E-state index < -0.39 is 0 Å². The van der Waals surface area contributed by atoms with Gasteiger partial charge in [0.1, 0.15) is 0 Å². The fourth-order valence-electron chi connectivity index (χ4n) is 6.54. The highest BCUT2D eigenvalue weighted by atomic mass is 16.2.